The molecule has 0 unspecified atom stereocenters. The molecule has 2 aromatic rings. The number of aryl methyl sites for hydroxylation is 1. The van der Waals surface area contributed by atoms with Gasteiger partial charge in [0.25, 0.3) is 0 Å². The molecule has 0 amide bonds. The van der Waals surface area contributed by atoms with Gasteiger partial charge >= 0.3 is 5.97 Å². The highest BCUT2D eigenvalue weighted by molar-refractivity contribution is 5.74. The molecule has 0 aliphatic carbocycles. The van der Waals surface area contributed by atoms with Crippen molar-refractivity contribution in [2.75, 3.05) is 0 Å². The van der Waals surface area contributed by atoms with E-state index in [4.69, 9.17) is 0 Å². The summed E-state index contributed by atoms with van der Waals surface area (Å²) in [4.78, 5) is 18.0. The molecule has 1 atom stereocenters. The van der Waals surface area contributed by atoms with Crippen molar-refractivity contribution in [2.45, 2.75) is 32.5 Å². The van der Waals surface area contributed by atoms with Gasteiger partial charge in [0.1, 0.15) is 6.04 Å². The molecule has 108 valence electrons. The third-order valence-electron chi connectivity index (χ3n) is 4.10. The second-order valence-electron chi connectivity index (χ2n) is 5.50. The van der Waals surface area contributed by atoms with Crippen molar-refractivity contribution < 1.29 is 9.90 Å². The molecule has 4 nitrogen and oxygen atoms in total. The van der Waals surface area contributed by atoms with Gasteiger partial charge in [0.15, 0.2) is 0 Å². The first kappa shape index (κ1) is 13.8. The number of carboxylic acid groups (broad SMARTS) is 1. The molecule has 0 bridgehead atoms. The first-order valence-corrected chi connectivity index (χ1v) is 7.09. The molecule has 4 heteroatoms. The van der Waals surface area contributed by atoms with Crippen LogP contribution in [0.15, 0.2) is 42.6 Å². The summed E-state index contributed by atoms with van der Waals surface area (Å²) in [5, 5.41) is 9.52. The van der Waals surface area contributed by atoms with Gasteiger partial charge in [0, 0.05) is 19.3 Å². The highest BCUT2D eigenvalue weighted by atomic mass is 16.4. The predicted octanol–water partition coefficient (Wildman–Crippen LogP) is 2.40. The number of carboxylic acids is 1. The molecule has 0 fully saturated rings. The van der Waals surface area contributed by atoms with Crippen LogP contribution >= 0.6 is 0 Å². The van der Waals surface area contributed by atoms with Crippen LogP contribution in [0, 0.1) is 6.92 Å². The van der Waals surface area contributed by atoms with E-state index in [0.29, 0.717) is 19.5 Å². The molecule has 1 aromatic heterocycles. The van der Waals surface area contributed by atoms with Gasteiger partial charge < -0.3 is 5.11 Å². The maximum Gasteiger partial charge on any atom is 0.321 e. The summed E-state index contributed by atoms with van der Waals surface area (Å²) in [6.45, 7) is 3.23. The zero-order valence-corrected chi connectivity index (χ0v) is 12.0. The number of carbonyl (C=O) groups is 1. The Labute approximate surface area is 124 Å². The van der Waals surface area contributed by atoms with Crippen LogP contribution in [0.5, 0.6) is 0 Å². The number of aromatic nitrogens is 1. The van der Waals surface area contributed by atoms with E-state index >= 15 is 0 Å². The Balaban J connectivity index is 1.89. The van der Waals surface area contributed by atoms with E-state index in [1.54, 1.807) is 6.20 Å². The normalized spacial score (nSPS) is 18.2. The van der Waals surface area contributed by atoms with E-state index in [-0.39, 0.29) is 0 Å². The number of benzene rings is 1. The average Bonchev–Trinajstić information content (AvgIpc) is 2.48. The Bertz CT molecular complexity index is 669. The van der Waals surface area contributed by atoms with E-state index in [9.17, 15) is 9.90 Å². The summed E-state index contributed by atoms with van der Waals surface area (Å²) in [5.74, 6) is -0.766. The molecule has 0 radical (unpaired) electrons. The second kappa shape index (κ2) is 5.66. The van der Waals surface area contributed by atoms with E-state index in [0.717, 1.165) is 16.8 Å². The molecular weight excluding hydrogens is 264 g/mol. The Hall–Kier alpha value is -2.20. The van der Waals surface area contributed by atoms with Gasteiger partial charge in [-0.1, -0.05) is 30.3 Å². The second-order valence-corrected chi connectivity index (χ2v) is 5.50. The van der Waals surface area contributed by atoms with Crippen molar-refractivity contribution in [3.8, 4) is 0 Å². The molecule has 1 N–H and O–H groups in total. The Morgan fingerprint density at radius 2 is 2.05 bits per heavy atom. The Kier molecular flexibility index (Phi) is 3.71. The summed E-state index contributed by atoms with van der Waals surface area (Å²) < 4.78 is 0. The SMILES string of the molecule is Cc1cccnc1CN1Cc2ccccc2C[C@H]1C(=O)O. The molecule has 0 saturated heterocycles. The number of pyridine rings is 1. The van der Waals surface area contributed by atoms with Gasteiger partial charge in [0.05, 0.1) is 5.69 Å². The van der Waals surface area contributed by atoms with Crippen molar-refractivity contribution >= 4 is 5.97 Å². The van der Waals surface area contributed by atoms with Crippen LogP contribution in [0.1, 0.15) is 22.4 Å². The predicted molar refractivity (Wildman–Crippen MR) is 79.8 cm³/mol. The van der Waals surface area contributed by atoms with E-state index in [2.05, 4.69) is 11.1 Å². The molecule has 0 saturated carbocycles. The van der Waals surface area contributed by atoms with Crippen LogP contribution in [0.3, 0.4) is 0 Å². The zero-order valence-electron chi connectivity index (χ0n) is 12.0. The van der Waals surface area contributed by atoms with Crippen LogP contribution in [0.2, 0.25) is 0 Å². The van der Waals surface area contributed by atoms with Gasteiger partial charge in [-0.3, -0.25) is 14.7 Å². The van der Waals surface area contributed by atoms with E-state index in [1.165, 1.54) is 5.56 Å². The number of fused-ring (bicyclic) bond motifs is 1. The topological polar surface area (TPSA) is 53.4 Å². The molecular formula is C17H18N2O2. The quantitative estimate of drug-likeness (QED) is 0.939. The summed E-state index contributed by atoms with van der Waals surface area (Å²) in [6, 6.07) is 11.5. The van der Waals surface area contributed by atoms with Crippen LogP contribution in [-0.4, -0.2) is 27.0 Å². The zero-order chi connectivity index (χ0) is 14.8. The lowest BCUT2D eigenvalue weighted by molar-refractivity contribution is -0.144. The first-order valence-electron chi connectivity index (χ1n) is 7.09. The van der Waals surface area contributed by atoms with Crippen LogP contribution in [0.25, 0.3) is 0 Å². The molecule has 21 heavy (non-hydrogen) atoms. The Morgan fingerprint density at radius 1 is 1.29 bits per heavy atom. The van der Waals surface area contributed by atoms with Crippen molar-refractivity contribution in [1.82, 2.24) is 9.88 Å². The number of hydrogen-bond acceptors (Lipinski definition) is 3. The van der Waals surface area contributed by atoms with E-state index in [1.807, 2.05) is 42.2 Å². The lowest BCUT2D eigenvalue weighted by Crippen LogP contribution is -2.45. The summed E-state index contributed by atoms with van der Waals surface area (Å²) in [5.41, 5.74) is 4.39. The fraction of sp³-hybridized carbons (Fsp3) is 0.294. The summed E-state index contributed by atoms with van der Waals surface area (Å²) >= 11 is 0. The number of aliphatic carboxylic acids is 1. The Morgan fingerprint density at radius 3 is 2.76 bits per heavy atom. The molecule has 1 aliphatic heterocycles. The standard InChI is InChI=1S/C17H18N2O2/c1-12-5-4-8-18-15(12)11-19-10-14-7-3-2-6-13(14)9-16(19)17(20)21/h2-8,16H,9-11H2,1H3,(H,20,21)/t16-/m0/s1. The lowest BCUT2D eigenvalue weighted by Gasteiger charge is -2.34. The third-order valence-corrected chi connectivity index (χ3v) is 4.10. The maximum atomic E-state index is 11.6. The minimum absolute atomic E-state index is 0.485. The summed E-state index contributed by atoms with van der Waals surface area (Å²) in [6.07, 6.45) is 2.31. The van der Waals surface area contributed by atoms with Gasteiger partial charge in [-0.25, -0.2) is 0 Å². The monoisotopic (exact) mass is 282 g/mol. The minimum atomic E-state index is -0.766. The van der Waals surface area contributed by atoms with Crippen molar-refractivity contribution in [3.63, 3.8) is 0 Å². The average molecular weight is 282 g/mol. The maximum absolute atomic E-state index is 11.6. The molecule has 0 spiro atoms. The van der Waals surface area contributed by atoms with Gasteiger partial charge in [-0.05, 0) is 36.1 Å². The molecule has 1 aromatic carbocycles. The molecule has 2 heterocycles. The van der Waals surface area contributed by atoms with Gasteiger partial charge in [-0.15, -0.1) is 0 Å². The molecule has 1 aliphatic rings. The van der Waals surface area contributed by atoms with Gasteiger partial charge in [-0.2, -0.15) is 0 Å². The lowest BCUT2D eigenvalue weighted by atomic mass is 9.93. The number of hydrogen-bond donors (Lipinski definition) is 1. The largest absolute Gasteiger partial charge is 0.480 e. The fourth-order valence-electron chi connectivity index (χ4n) is 2.86. The van der Waals surface area contributed by atoms with Crippen LogP contribution in [0.4, 0.5) is 0 Å². The van der Waals surface area contributed by atoms with Crippen molar-refractivity contribution in [2.24, 2.45) is 0 Å². The first-order chi connectivity index (χ1) is 10.1. The summed E-state index contributed by atoms with van der Waals surface area (Å²) in [7, 11) is 0. The van der Waals surface area contributed by atoms with Gasteiger partial charge in [0.2, 0.25) is 0 Å². The highest BCUT2D eigenvalue weighted by Crippen LogP contribution is 2.25. The minimum Gasteiger partial charge on any atom is -0.480 e. The van der Waals surface area contributed by atoms with Crippen molar-refractivity contribution in [3.05, 3.63) is 65.0 Å². The van der Waals surface area contributed by atoms with Crippen LogP contribution < -0.4 is 0 Å². The fourth-order valence-corrected chi connectivity index (χ4v) is 2.86. The van der Waals surface area contributed by atoms with Crippen LogP contribution in [-0.2, 0) is 24.3 Å². The smallest absolute Gasteiger partial charge is 0.321 e. The number of rotatable bonds is 3. The number of nitrogens with zero attached hydrogens (tertiary/aromatic N) is 2. The van der Waals surface area contributed by atoms with Crippen molar-refractivity contribution in [1.29, 1.82) is 0 Å². The third kappa shape index (κ3) is 2.81. The molecule has 3 rings (SSSR count). The van der Waals surface area contributed by atoms with E-state index < -0.39 is 12.0 Å². The highest BCUT2D eigenvalue weighted by Gasteiger charge is 2.31.